The van der Waals surface area contributed by atoms with Crippen molar-refractivity contribution >= 4 is 5.78 Å². The zero-order valence-electron chi connectivity index (χ0n) is 13.2. The third kappa shape index (κ3) is 8.65. The quantitative estimate of drug-likeness (QED) is 0.726. The normalized spacial score (nSPS) is 14.3. The molecule has 1 N–H and O–H groups in total. The highest BCUT2D eigenvalue weighted by atomic mass is 16.5. The highest BCUT2D eigenvalue weighted by Gasteiger charge is 2.22. The number of Topliss-reactive ketones (excluding diaryl/α,β-unsaturated/α-hetero) is 1. The van der Waals surface area contributed by atoms with Gasteiger partial charge in [0.25, 0.3) is 0 Å². The van der Waals surface area contributed by atoms with Crippen molar-refractivity contribution in [1.29, 1.82) is 0 Å². The Morgan fingerprint density at radius 3 is 2.11 bits per heavy atom. The molecular formula is C15H31NO2. The summed E-state index contributed by atoms with van der Waals surface area (Å²) in [6.07, 6.45) is 0.489. The van der Waals surface area contributed by atoms with Crippen LogP contribution in [0.4, 0.5) is 0 Å². The summed E-state index contributed by atoms with van der Waals surface area (Å²) in [6.45, 7) is 15.9. The van der Waals surface area contributed by atoms with Gasteiger partial charge in [0, 0.05) is 18.1 Å². The largest absolute Gasteiger partial charge is 0.370 e. The highest BCUT2D eigenvalue weighted by Crippen LogP contribution is 2.10. The fraction of sp³-hybridized carbons (Fsp3) is 0.933. The molecule has 0 radical (unpaired) electrons. The van der Waals surface area contributed by atoms with Gasteiger partial charge in [-0.1, -0.05) is 27.7 Å². The van der Waals surface area contributed by atoms with Crippen LogP contribution in [0.2, 0.25) is 0 Å². The van der Waals surface area contributed by atoms with E-state index in [1.807, 2.05) is 13.8 Å². The second kappa shape index (κ2) is 7.90. The van der Waals surface area contributed by atoms with Crippen molar-refractivity contribution in [2.75, 3.05) is 13.2 Å². The highest BCUT2D eigenvalue weighted by molar-refractivity contribution is 5.84. The Balaban J connectivity index is 4.25. The minimum absolute atomic E-state index is 0.0387. The predicted molar refractivity (Wildman–Crippen MR) is 76.8 cm³/mol. The second-order valence-corrected chi connectivity index (χ2v) is 6.74. The summed E-state index contributed by atoms with van der Waals surface area (Å²) in [5, 5.41) is 3.40. The van der Waals surface area contributed by atoms with Crippen LogP contribution in [-0.2, 0) is 9.53 Å². The van der Waals surface area contributed by atoms with Crippen molar-refractivity contribution in [3.63, 3.8) is 0 Å². The predicted octanol–water partition coefficient (Wildman–Crippen LogP) is 3.03. The molecular weight excluding hydrogens is 226 g/mol. The molecule has 1 unspecified atom stereocenters. The van der Waals surface area contributed by atoms with E-state index < -0.39 is 0 Å². The van der Waals surface area contributed by atoms with Gasteiger partial charge in [0.05, 0.1) is 0 Å². The maximum Gasteiger partial charge on any atom is 0.164 e. The van der Waals surface area contributed by atoms with E-state index in [1.54, 1.807) is 0 Å². The Labute approximate surface area is 113 Å². The van der Waals surface area contributed by atoms with Gasteiger partial charge in [0.2, 0.25) is 0 Å². The van der Waals surface area contributed by atoms with Crippen LogP contribution < -0.4 is 5.32 Å². The number of hydrogen-bond donors (Lipinski definition) is 1. The summed E-state index contributed by atoms with van der Waals surface area (Å²) in [5.74, 6) is 0.714. The minimum atomic E-state index is -0.262. The smallest absolute Gasteiger partial charge is 0.164 e. The summed E-state index contributed by atoms with van der Waals surface area (Å²) >= 11 is 0. The number of nitrogens with one attached hydrogen (secondary N) is 1. The first kappa shape index (κ1) is 17.6. The Morgan fingerprint density at radius 1 is 1.17 bits per heavy atom. The molecule has 0 bridgehead atoms. The van der Waals surface area contributed by atoms with Crippen LogP contribution in [0.25, 0.3) is 0 Å². The molecule has 0 rings (SSSR count). The molecule has 0 amide bonds. The van der Waals surface area contributed by atoms with Crippen LogP contribution in [0, 0.1) is 11.8 Å². The third-order valence-electron chi connectivity index (χ3n) is 2.58. The number of carbonyl (C=O) groups is 1. The number of carbonyl (C=O) groups excluding carboxylic acids is 1. The molecule has 3 nitrogen and oxygen atoms in total. The number of ether oxygens (including phenoxy) is 1. The fourth-order valence-corrected chi connectivity index (χ4v) is 1.57. The number of hydrogen-bond acceptors (Lipinski definition) is 3. The van der Waals surface area contributed by atoms with E-state index in [0.717, 1.165) is 13.0 Å². The first-order valence-electron chi connectivity index (χ1n) is 7.04. The molecule has 0 saturated carbocycles. The van der Waals surface area contributed by atoms with Crippen molar-refractivity contribution in [3.05, 3.63) is 0 Å². The van der Waals surface area contributed by atoms with Gasteiger partial charge in [-0.25, -0.2) is 0 Å². The zero-order chi connectivity index (χ0) is 14.3. The SMILES string of the molecule is CC(C)COC(CCNC(C)(C)C)C(=O)C(C)C. The molecule has 0 saturated heterocycles. The topological polar surface area (TPSA) is 38.3 Å². The van der Waals surface area contributed by atoms with E-state index >= 15 is 0 Å². The molecule has 18 heavy (non-hydrogen) atoms. The molecule has 0 aromatic carbocycles. The molecule has 1 atom stereocenters. The lowest BCUT2D eigenvalue weighted by Crippen LogP contribution is -2.40. The first-order chi connectivity index (χ1) is 8.13. The molecule has 108 valence electrons. The van der Waals surface area contributed by atoms with E-state index in [2.05, 4.69) is 39.9 Å². The molecule has 0 aliphatic rings. The van der Waals surface area contributed by atoms with E-state index in [1.165, 1.54) is 0 Å². The van der Waals surface area contributed by atoms with Gasteiger partial charge in [-0.15, -0.1) is 0 Å². The first-order valence-corrected chi connectivity index (χ1v) is 7.04. The maximum absolute atomic E-state index is 12.1. The van der Waals surface area contributed by atoms with E-state index in [9.17, 15) is 4.79 Å². The van der Waals surface area contributed by atoms with Gasteiger partial charge < -0.3 is 10.1 Å². The maximum atomic E-state index is 12.1. The lowest BCUT2D eigenvalue weighted by Gasteiger charge is -2.24. The zero-order valence-corrected chi connectivity index (χ0v) is 13.2. The van der Waals surface area contributed by atoms with Crippen molar-refractivity contribution in [2.45, 2.75) is 66.5 Å². The van der Waals surface area contributed by atoms with Gasteiger partial charge in [-0.2, -0.15) is 0 Å². The Morgan fingerprint density at radius 2 is 1.72 bits per heavy atom. The molecule has 0 aliphatic heterocycles. The van der Waals surface area contributed by atoms with Crippen molar-refractivity contribution in [1.82, 2.24) is 5.32 Å². The third-order valence-corrected chi connectivity index (χ3v) is 2.58. The van der Waals surface area contributed by atoms with Crippen LogP contribution in [0.15, 0.2) is 0 Å². The minimum Gasteiger partial charge on any atom is -0.370 e. The van der Waals surface area contributed by atoms with E-state index in [4.69, 9.17) is 4.74 Å². The summed E-state index contributed by atoms with van der Waals surface area (Å²) in [7, 11) is 0. The summed E-state index contributed by atoms with van der Waals surface area (Å²) < 4.78 is 5.75. The molecule has 0 aromatic heterocycles. The van der Waals surface area contributed by atoms with Gasteiger partial charge in [-0.05, 0) is 39.7 Å². The molecule has 0 aliphatic carbocycles. The Kier molecular flexibility index (Phi) is 7.72. The van der Waals surface area contributed by atoms with Crippen molar-refractivity contribution in [2.24, 2.45) is 11.8 Å². The van der Waals surface area contributed by atoms with Crippen LogP contribution in [0.5, 0.6) is 0 Å². The molecule has 0 aromatic rings. The molecule has 0 fully saturated rings. The second-order valence-electron chi connectivity index (χ2n) is 6.74. The number of rotatable bonds is 8. The molecule has 0 spiro atoms. The summed E-state index contributed by atoms with van der Waals surface area (Å²) in [5.41, 5.74) is 0.0868. The van der Waals surface area contributed by atoms with Crippen LogP contribution in [0.3, 0.4) is 0 Å². The lowest BCUT2D eigenvalue weighted by molar-refractivity contribution is -0.134. The average molecular weight is 257 g/mol. The van der Waals surface area contributed by atoms with Crippen LogP contribution in [-0.4, -0.2) is 30.6 Å². The fourth-order valence-electron chi connectivity index (χ4n) is 1.57. The summed E-state index contributed by atoms with van der Waals surface area (Å²) in [4.78, 5) is 12.1. The molecule has 0 heterocycles. The average Bonchev–Trinajstić information content (AvgIpc) is 2.19. The monoisotopic (exact) mass is 257 g/mol. The standard InChI is InChI=1S/C15H31NO2/c1-11(2)10-18-13(14(17)12(3)4)8-9-16-15(5,6)7/h11-13,16H,8-10H2,1-7H3. The summed E-state index contributed by atoms with van der Waals surface area (Å²) in [6, 6.07) is 0. The van der Waals surface area contributed by atoms with Gasteiger partial charge in [0.1, 0.15) is 6.10 Å². The van der Waals surface area contributed by atoms with Gasteiger partial charge >= 0.3 is 0 Å². The van der Waals surface area contributed by atoms with Gasteiger partial charge in [0.15, 0.2) is 5.78 Å². The Hall–Kier alpha value is -0.410. The molecule has 3 heteroatoms. The van der Waals surface area contributed by atoms with Gasteiger partial charge in [-0.3, -0.25) is 4.79 Å². The Bertz CT molecular complexity index is 241. The van der Waals surface area contributed by atoms with Crippen LogP contribution >= 0.6 is 0 Å². The van der Waals surface area contributed by atoms with Crippen LogP contribution in [0.1, 0.15) is 54.9 Å². The number of ketones is 1. The van der Waals surface area contributed by atoms with Crippen molar-refractivity contribution in [3.8, 4) is 0 Å². The van der Waals surface area contributed by atoms with Crippen molar-refractivity contribution < 1.29 is 9.53 Å². The lowest BCUT2D eigenvalue weighted by atomic mass is 10.0. The van der Waals surface area contributed by atoms with E-state index in [0.29, 0.717) is 12.5 Å². The van der Waals surface area contributed by atoms with E-state index in [-0.39, 0.29) is 23.3 Å².